The van der Waals surface area contributed by atoms with Crippen LogP contribution in [0.25, 0.3) is 0 Å². The number of nitrogens with zero attached hydrogens (tertiary/aromatic N) is 3. The summed E-state index contributed by atoms with van der Waals surface area (Å²) in [6.07, 6.45) is 0. The van der Waals surface area contributed by atoms with Crippen molar-refractivity contribution in [3.63, 3.8) is 0 Å². The quantitative estimate of drug-likeness (QED) is 0.868. The van der Waals surface area contributed by atoms with E-state index in [1.54, 1.807) is 0 Å². The second-order valence-corrected chi connectivity index (χ2v) is 3.70. The van der Waals surface area contributed by atoms with Crippen molar-refractivity contribution in [3.8, 4) is 0 Å². The van der Waals surface area contributed by atoms with Gasteiger partial charge in [0.25, 0.3) is 0 Å². The number of nitrogens with one attached hydrogen (secondary N) is 1. The standard InChI is InChI=1S/C10H16N4O.2C2H6/c15-8-10-2-1-9(12-13-10)7-14-5-3-11-4-6-14;2*1-2/h1-2,11,15H,3-8H2;2*1-2H3. The Labute approximate surface area is 117 Å². The molecule has 0 amide bonds. The van der Waals surface area contributed by atoms with Gasteiger partial charge in [0.15, 0.2) is 0 Å². The topological polar surface area (TPSA) is 61.3 Å². The number of hydrogen-bond donors (Lipinski definition) is 2. The number of aromatic nitrogens is 2. The van der Waals surface area contributed by atoms with E-state index in [-0.39, 0.29) is 6.61 Å². The van der Waals surface area contributed by atoms with Gasteiger partial charge in [-0.15, -0.1) is 0 Å². The number of rotatable bonds is 3. The van der Waals surface area contributed by atoms with Crippen molar-refractivity contribution in [2.45, 2.75) is 40.8 Å². The van der Waals surface area contributed by atoms with Gasteiger partial charge >= 0.3 is 0 Å². The lowest BCUT2D eigenvalue weighted by Gasteiger charge is -2.26. The smallest absolute Gasteiger partial charge is 0.0885 e. The van der Waals surface area contributed by atoms with Gasteiger partial charge in [-0.1, -0.05) is 27.7 Å². The van der Waals surface area contributed by atoms with Crippen molar-refractivity contribution in [2.75, 3.05) is 26.2 Å². The monoisotopic (exact) mass is 268 g/mol. The van der Waals surface area contributed by atoms with Crippen LogP contribution in [0, 0.1) is 0 Å². The van der Waals surface area contributed by atoms with Crippen LogP contribution in [0.5, 0.6) is 0 Å². The van der Waals surface area contributed by atoms with Gasteiger partial charge in [0.05, 0.1) is 18.0 Å². The molecule has 0 unspecified atom stereocenters. The van der Waals surface area contributed by atoms with E-state index < -0.39 is 0 Å². The molecular weight excluding hydrogens is 240 g/mol. The first-order valence-electron chi connectivity index (χ1n) is 7.24. The largest absolute Gasteiger partial charge is 0.390 e. The number of aliphatic hydroxyl groups excluding tert-OH is 1. The molecule has 1 aromatic rings. The van der Waals surface area contributed by atoms with E-state index in [1.165, 1.54) is 0 Å². The Morgan fingerprint density at radius 1 is 1.05 bits per heavy atom. The zero-order chi connectivity index (χ0) is 14.5. The zero-order valence-electron chi connectivity index (χ0n) is 12.7. The Morgan fingerprint density at radius 2 is 1.58 bits per heavy atom. The molecule has 1 aromatic heterocycles. The molecule has 5 heteroatoms. The summed E-state index contributed by atoms with van der Waals surface area (Å²) in [5.74, 6) is 0. The average Bonchev–Trinajstić information content (AvgIpc) is 2.53. The summed E-state index contributed by atoms with van der Waals surface area (Å²) in [7, 11) is 0. The molecule has 2 N–H and O–H groups in total. The summed E-state index contributed by atoms with van der Waals surface area (Å²) in [4.78, 5) is 2.35. The number of aliphatic hydroxyl groups is 1. The Morgan fingerprint density at radius 3 is 2.05 bits per heavy atom. The van der Waals surface area contributed by atoms with Crippen LogP contribution in [0.2, 0.25) is 0 Å². The van der Waals surface area contributed by atoms with Gasteiger partial charge in [0, 0.05) is 32.7 Å². The summed E-state index contributed by atoms with van der Waals surface area (Å²) >= 11 is 0. The van der Waals surface area contributed by atoms with Crippen LogP contribution in [0.1, 0.15) is 39.1 Å². The van der Waals surface area contributed by atoms with Crippen molar-refractivity contribution in [1.29, 1.82) is 0 Å². The average molecular weight is 268 g/mol. The third kappa shape index (κ3) is 7.20. The highest BCUT2D eigenvalue weighted by Crippen LogP contribution is 2.02. The van der Waals surface area contributed by atoms with Crippen molar-refractivity contribution in [3.05, 3.63) is 23.5 Å². The molecule has 0 aromatic carbocycles. The molecule has 0 saturated carbocycles. The Bertz CT molecular complexity index is 297. The van der Waals surface area contributed by atoms with Gasteiger partial charge < -0.3 is 10.4 Å². The molecule has 1 fully saturated rings. The molecule has 2 rings (SSSR count). The lowest BCUT2D eigenvalue weighted by Crippen LogP contribution is -2.43. The SMILES string of the molecule is CC.CC.OCc1ccc(CN2CCNCC2)nn1. The van der Waals surface area contributed by atoms with E-state index in [9.17, 15) is 0 Å². The molecule has 0 bridgehead atoms. The van der Waals surface area contributed by atoms with Crippen LogP contribution < -0.4 is 5.32 Å². The minimum Gasteiger partial charge on any atom is -0.390 e. The molecule has 2 heterocycles. The maximum atomic E-state index is 8.83. The first-order valence-corrected chi connectivity index (χ1v) is 7.24. The summed E-state index contributed by atoms with van der Waals surface area (Å²) in [5, 5.41) is 20.1. The first-order chi connectivity index (χ1) is 9.38. The lowest BCUT2D eigenvalue weighted by atomic mass is 10.3. The third-order valence-electron chi connectivity index (χ3n) is 2.53. The van der Waals surface area contributed by atoms with Crippen molar-refractivity contribution in [2.24, 2.45) is 0 Å². The van der Waals surface area contributed by atoms with Crippen LogP contribution in [0.4, 0.5) is 0 Å². The van der Waals surface area contributed by atoms with Crippen LogP contribution in [0.15, 0.2) is 12.1 Å². The molecule has 0 atom stereocenters. The van der Waals surface area contributed by atoms with Gasteiger partial charge in [-0.05, 0) is 12.1 Å². The highest BCUT2D eigenvalue weighted by atomic mass is 16.3. The minimum absolute atomic E-state index is 0.0408. The normalized spacial score (nSPS) is 14.8. The van der Waals surface area contributed by atoms with Crippen LogP contribution in [0.3, 0.4) is 0 Å². The van der Waals surface area contributed by atoms with Crippen LogP contribution in [-0.2, 0) is 13.2 Å². The molecule has 0 radical (unpaired) electrons. The molecule has 5 nitrogen and oxygen atoms in total. The van der Waals surface area contributed by atoms with Crippen molar-refractivity contribution >= 4 is 0 Å². The summed E-state index contributed by atoms with van der Waals surface area (Å²) < 4.78 is 0. The lowest BCUT2D eigenvalue weighted by molar-refractivity contribution is 0.229. The minimum atomic E-state index is -0.0408. The number of hydrogen-bond acceptors (Lipinski definition) is 5. The van der Waals surface area contributed by atoms with Gasteiger partial charge in [0.1, 0.15) is 0 Å². The van der Waals surface area contributed by atoms with Gasteiger partial charge in [-0.2, -0.15) is 10.2 Å². The fourth-order valence-electron chi connectivity index (χ4n) is 1.65. The molecule has 0 spiro atoms. The van der Waals surface area contributed by atoms with E-state index in [1.807, 2.05) is 39.8 Å². The van der Waals surface area contributed by atoms with E-state index in [0.29, 0.717) is 5.69 Å². The highest BCUT2D eigenvalue weighted by molar-refractivity contribution is 5.06. The third-order valence-corrected chi connectivity index (χ3v) is 2.53. The predicted molar refractivity (Wildman–Crippen MR) is 78.8 cm³/mol. The Balaban J connectivity index is 0.000000741. The maximum absolute atomic E-state index is 8.83. The second-order valence-electron chi connectivity index (χ2n) is 3.70. The highest BCUT2D eigenvalue weighted by Gasteiger charge is 2.10. The summed E-state index contributed by atoms with van der Waals surface area (Å²) in [6.45, 7) is 13.0. The van der Waals surface area contributed by atoms with E-state index in [2.05, 4.69) is 20.4 Å². The summed E-state index contributed by atoms with van der Waals surface area (Å²) in [6, 6.07) is 3.76. The first kappa shape index (κ1) is 18.0. The van der Waals surface area contributed by atoms with E-state index >= 15 is 0 Å². The molecular formula is C14H28N4O. The fourth-order valence-corrected chi connectivity index (χ4v) is 1.65. The van der Waals surface area contributed by atoms with Crippen LogP contribution >= 0.6 is 0 Å². The molecule has 1 saturated heterocycles. The van der Waals surface area contributed by atoms with Crippen molar-refractivity contribution < 1.29 is 5.11 Å². The second kappa shape index (κ2) is 12.0. The molecule has 19 heavy (non-hydrogen) atoms. The van der Waals surface area contributed by atoms with Gasteiger partial charge in [-0.25, -0.2) is 0 Å². The van der Waals surface area contributed by atoms with Gasteiger partial charge in [0.2, 0.25) is 0 Å². The molecule has 0 aliphatic carbocycles. The predicted octanol–water partition coefficient (Wildman–Crippen LogP) is 1.43. The maximum Gasteiger partial charge on any atom is 0.0885 e. The fraction of sp³-hybridized carbons (Fsp3) is 0.714. The molecule has 1 aliphatic heterocycles. The number of piperazine rings is 1. The Hall–Kier alpha value is -1.04. The molecule has 1 aliphatic rings. The zero-order valence-corrected chi connectivity index (χ0v) is 12.7. The molecule has 110 valence electrons. The van der Waals surface area contributed by atoms with E-state index in [0.717, 1.165) is 38.4 Å². The van der Waals surface area contributed by atoms with Gasteiger partial charge in [-0.3, -0.25) is 4.90 Å². The Kier molecular flexibility index (Phi) is 11.4. The van der Waals surface area contributed by atoms with Crippen molar-refractivity contribution in [1.82, 2.24) is 20.4 Å². The van der Waals surface area contributed by atoms with E-state index in [4.69, 9.17) is 5.11 Å². The van der Waals surface area contributed by atoms with Crippen LogP contribution in [-0.4, -0.2) is 46.4 Å². The summed E-state index contributed by atoms with van der Waals surface area (Å²) in [5.41, 5.74) is 1.59.